The van der Waals surface area contributed by atoms with Crippen LogP contribution in [-0.2, 0) is 5.41 Å². The molecule has 3 heterocycles. The highest BCUT2D eigenvalue weighted by Crippen LogP contribution is 2.62. The van der Waals surface area contributed by atoms with E-state index >= 15 is 0 Å². The van der Waals surface area contributed by atoms with Crippen molar-refractivity contribution in [2.45, 2.75) is 15.2 Å². The molecule has 2 nitrogen and oxygen atoms in total. The molecule has 2 aromatic heterocycles. The fraction of sp³-hybridized carbons (Fsp3) is 0.0164. The Kier molecular flexibility index (Phi) is 7.57. The summed E-state index contributed by atoms with van der Waals surface area (Å²) < 4.78 is 4.91. The number of hydrogen-bond donors (Lipinski definition) is 0. The summed E-state index contributed by atoms with van der Waals surface area (Å²) in [7, 11) is 0. The van der Waals surface area contributed by atoms with Crippen molar-refractivity contribution in [1.82, 2.24) is 9.13 Å². The third kappa shape index (κ3) is 4.93. The van der Waals surface area contributed by atoms with E-state index in [1.807, 2.05) is 11.8 Å². The van der Waals surface area contributed by atoms with Crippen LogP contribution in [0.3, 0.4) is 0 Å². The van der Waals surface area contributed by atoms with Crippen molar-refractivity contribution in [2.24, 2.45) is 0 Å². The highest BCUT2D eigenvalue weighted by Gasteiger charge is 2.50. The number of hydrogen-bond acceptors (Lipinski definition) is 1. The van der Waals surface area contributed by atoms with Crippen molar-refractivity contribution >= 4 is 55.4 Å². The lowest BCUT2D eigenvalue weighted by Crippen LogP contribution is -2.32. The molecular weight excluding hydrogens is 793 g/mol. The lowest BCUT2D eigenvalue weighted by atomic mass is 9.67. The Hall–Kier alpha value is -7.85. The summed E-state index contributed by atoms with van der Waals surface area (Å²) in [4.78, 5) is 2.64. The maximum Gasteiger partial charge on any atom is 0.0736 e. The average molecular weight is 831 g/mol. The normalized spacial score (nSPS) is 13.4. The van der Waals surface area contributed by atoms with Gasteiger partial charge in [-0.2, -0.15) is 0 Å². The summed E-state index contributed by atoms with van der Waals surface area (Å²) in [5, 5.41) is 5.00. The highest BCUT2D eigenvalue weighted by molar-refractivity contribution is 7.99. The monoisotopic (exact) mass is 830 g/mol. The predicted octanol–water partition coefficient (Wildman–Crippen LogP) is 16.0. The van der Waals surface area contributed by atoms with Crippen LogP contribution >= 0.6 is 11.8 Å². The van der Waals surface area contributed by atoms with Gasteiger partial charge in [-0.05, 0) is 122 Å². The first kappa shape index (κ1) is 35.7. The second-order valence-electron chi connectivity index (χ2n) is 17.2. The standard InChI is InChI=1S/C61H38N2S/c1-2-14-39(15-3-1)40-26-30-43(31-27-40)62-55-22-10-5-17-47(55)49-33-28-42(37-58(49)62)41-29-35-57-50(36-41)48-18-6-11-23-56(48)63(57)44-32-34-46-45-16-4-7-19-51(45)61(54(46)38-44)52-20-8-12-24-59(52)64-60-25-13-9-21-53(60)61/h1-38H. The smallest absolute Gasteiger partial charge is 0.0736 e. The quantitative estimate of drug-likeness (QED) is 0.172. The molecule has 1 aliphatic carbocycles. The fourth-order valence-electron chi connectivity index (χ4n) is 11.3. The zero-order valence-corrected chi connectivity index (χ0v) is 35.6. The molecule has 0 saturated carbocycles. The van der Waals surface area contributed by atoms with Gasteiger partial charge in [0.15, 0.2) is 0 Å². The van der Waals surface area contributed by atoms with Gasteiger partial charge in [-0.25, -0.2) is 0 Å². The minimum atomic E-state index is -0.433. The Morgan fingerprint density at radius 1 is 0.281 bits per heavy atom. The van der Waals surface area contributed by atoms with E-state index in [1.165, 1.54) is 115 Å². The molecule has 298 valence electrons. The van der Waals surface area contributed by atoms with E-state index in [1.54, 1.807) is 0 Å². The Morgan fingerprint density at radius 3 is 1.53 bits per heavy atom. The first-order valence-corrected chi connectivity index (χ1v) is 22.9. The fourth-order valence-corrected chi connectivity index (χ4v) is 12.5. The van der Waals surface area contributed by atoms with E-state index < -0.39 is 5.41 Å². The largest absolute Gasteiger partial charge is 0.309 e. The number of nitrogens with zero attached hydrogens (tertiary/aromatic N) is 2. The molecule has 10 aromatic carbocycles. The van der Waals surface area contributed by atoms with E-state index in [0.717, 1.165) is 5.69 Å². The van der Waals surface area contributed by atoms with Crippen LogP contribution in [0.4, 0.5) is 0 Å². The summed E-state index contributed by atoms with van der Waals surface area (Å²) in [5.74, 6) is 0. The Bertz CT molecular complexity index is 3820. The predicted molar refractivity (Wildman–Crippen MR) is 267 cm³/mol. The summed E-state index contributed by atoms with van der Waals surface area (Å²) >= 11 is 1.89. The van der Waals surface area contributed by atoms with Crippen molar-refractivity contribution in [1.29, 1.82) is 0 Å². The van der Waals surface area contributed by atoms with Crippen molar-refractivity contribution in [3.8, 4) is 44.8 Å². The van der Waals surface area contributed by atoms with Gasteiger partial charge >= 0.3 is 0 Å². The van der Waals surface area contributed by atoms with Crippen LogP contribution in [0.5, 0.6) is 0 Å². The molecule has 0 bridgehead atoms. The Labute approximate surface area is 375 Å². The summed E-state index contributed by atoms with van der Waals surface area (Å²) in [6.45, 7) is 0. The minimum absolute atomic E-state index is 0.433. The van der Waals surface area contributed by atoms with Crippen molar-refractivity contribution in [3.05, 3.63) is 253 Å². The second kappa shape index (κ2) is 13.6. The zero-order chi connectivity index (χ0) is 41.9. The molecule has 64 heavy (non-hydrogen) atoms. The van der Waals surface area contributed by atoms with Crippen molar-refractivity contribution in [3.63, 3.8) is 0 Å². The van der Waals surface area contributed by atoms with Crippen LogP contribution in [0.1, 0.15) is 22.3 Å². The van der Waals surface area contributed by atoms with Gasteiger partial charge in [-0.1, -0.05) is 176 Å². The average Bonchev–Trinajstić information content (AvgIpc) is 3.98. The zero-order valence-electron chi connectivity index (χ0n) is 34.7. The number of benzene rings is 10. The molecule has 2 aliphatic rings. The summed E-state index contributed by atoms with van der Waals surface area (Å²) in [5.41, 5.74) is 19.6. The van der Waals surface area contributed by atoms with E-state index in [0.29, 0.717) is 0 Å². The van der Waals surface area contributed by atoms with Gasteiger partial charge < -0.3 is 9.13 Å². The second-order valence-corrected chi connectivity index (χ2v) is 18.3. The van der Waals surface area contributed by atoms with Crippen LogP contribution in [0.15, 0.2) is 240 Å². The highest BCUT2D eigenvalue weighted by atomic mass is 32.2. The van der Waals surface area contributed by atoms with E-state index in [2.05, 4.69) is 240 Å². The van der Waals surface area contributed by atoms with Crippen LogP contribution in [0.25, 0.3) is 88.4 Å². The number of rotatable bonds is 4. The number of aromatic nitrogens is 2. The SMILES string of the molecule is c1ccc(-c2ccc(-n3c4ccccc4c4ccc(-c5ccc6c(c5)c5ccccc5n6-c5ccc6c(c5)C5(c7ccccc7Sc7ccccc75)c5ccccc5-6)cc43)cc2)cc1. The van der Waals surface area contributed by atoms with Crippen LogP contribution in [0, 0.1) is 0 Å². The first-order chi connectivity index (χ1) is 31.7. The Balaban J connectivity index is 0.944. The third-order valence-corrected chi connectivity index (χ3v) is 15.2. The molecule has 0 N–H and O–H groups in total. The van der Waals surface area contributed by atoms with Crippen molar-refractivity contribution in [2.75, 3.05) is 0 Å². The molecule has 0 saturated heterocycles. The van der Waals surface area contributed by atoms with Gasteiger partial charge in [-0.3, -0.25) is 0 Å². The van der Waals surface area contributed by atoms with Gasteiger partial charge in [0.05, 0.1) is 27.5 Å². The van der Waals surface area contributed by atoms with E-state index in [4.69, 9.17) is 0 Å². The lowest BCUT2D eigenvalue weighted by Gasteiger charge is -2.39. The molecule has 0 fully saturated rings. The molecule has 3 heteroatoms. The van der Waals surface area contributed by atoms with Crippen LogP contribution in [0.2, 0.25) is 0 Å². The molecular formula is C61H38N2S. The molecule has 0 unspecified atom stereocenters. The van der Waals surface area contributed by atoms with Gasteiger partial charge in [0.2, 0.25) is 0 Å². The van der Waals surface area contributed by atoms with Crippen LogP contribution in [-0.4, -0.2) is 9.13 Å². The molecule has 1 aliphatic heterocycles. The van der Waals surface area contributed by atoms with Gasteiger partial charge in [0.1, 0.15) is 0 Å². The molecule has 1 spiro atoms. The summed E-state index contributed by atoms with van der Waals surface area (Å²) in [6, 6.07) is 85.8. The van der Waals surface area contributed by atoms with Crippen LogP contribution < -0.4 is 0 Å². The van der Waals surface area contributed by atoms with Gasteiger partial charge in [-0.15, -0.1) is 0 Å². The molecule has 0 atom stereocenters. The molecule has 12 aromatic rings. The molecule has 0 amide bonds. The molecule has 14 rings (SSSR count). The maximum atomic E-state index is 2.50. The summed E-state index contributed by atoms with van der Waals surface area (Å²) in [6.07, 6.45) is 0. The minimum Gasteiger partial charge on any atom is -0.309 e. The molecule has 0 radical (unpaired) electrons. The number of para-hydroxylation sites is 2. The lowest BCUT2D eigenvalue weighted by molar-refractivity contribution is 0.722. The Morgan fingerprint density at radius 2 is 0.781 bits per heavy atom. The van der Waals surface area contributed by atoms with E-state index in [9.17, 15) is 0 Å². The van der Waals surface area contributed by atoms with Gasteiger partial charge in [0.25, 0.3) is 0 Å². The van der Waals surface area contributed by atoms with E-state index in [-0.39, 0.29) is 0 Å². The van der Waals surface area contributed by atoms with Gasteiger partial charge in [0, 0.05) is 42.7 Å². The maximum absolute atomic E-state index is 2.50. The third-order valence-electron chi connectivity index (χ3n) is 14.0. The first-order valence-electron chi connectivity index (χ1n) is 22.1. The van der Waals surface area contributed by atoms with Crippen molar-refractivity contribution < 1.29 is 0 Å². The topological polar surface area (TPSA) is 9.86 Å². The number of fused-ring (bicyclic) bond motifs is 15.